The predicted molar refractivity (Wildman–Crippen MR) is 91.6 cm³/mol. The highest BCUT2D eigenvalue weighted by atomic mass is 19.3. The van der Waals surface area contributed by atoms with Crippen LogP contribution in [0.5, 0.6) is 5.75 Å². The highest BCUT2D eigenvalue weighted by molar-refractivity contribution is 6.13. The van der Waals surface area contributed by atoms with Crippen LogP contribution in [0.4, 0.5) is 18.9 Å². The van der Waals surface area contributed by atoms with E-state index in [1.165, 1.54) is 30.3 Å². The summed E-state index contributed by atoms with van der Waals surface area (Å²) in [6.45, 7) is -3.02. The lowest BCUT2D eigenvalue weighted by atomic mass is 10.0. The lowest BCUT2D eigenvalue weighted by Gasteiger charge is -2.16. The number of carbonyl (C=O) groups is 2. The number of anilines is 1. The maximum absolute atomic E-state index is 12.9. The van der Waals surface area contributed by atoms with Gasteiger partial charge in [-0.2, -0.15) is 8.78 Å². The number of hydrogen-bond acceptors (Lipinski definition) is 3. The molecule has 0 heterocycles. The van der Waals surface area contributed by atoms with Gasteiger partial charge in [0.2, 0.25) is 11.8 Å². The molecule has 5 nitrogen and oxygen atoms in total. The molecule has 1 fully saturated rings. The number of benzene rings is 2. The minimum absolute atomic E-state index is 0.0339. The molecule has 8 heteroatoms. The average Bonchev–Trinajstić information content (AvgIpc) is 3.44. The molecule has 1 aliphatic carbocycles. The van der Waals surface area contributed by atoms with Gasteiger partial charge in [-0.3, -0.25) is 9.59 Å². The van der Waals surface area contributed by atoms with E-state index in [9.17, 15) is 22.8 Å². The van der Waals surface area contributed by atoms with Crippen molar-refractivity contribution in [3.05, 3.63) is 59.9 Å². The Bertz CT molecular complexity index is 836. The van der Waals surface area contributed by atoms with Crippen LogP contribution >= 0.6 is 0 Å². The normalized spacial score (nSPS) is 14.5. The molecule has 1 aliphatic rings. The van der Waals surface area contributed by atoms with Gasteiger partial charge in [-0.15, -0.1) is 0 Å². The van der Waals surface area contributed by atoms with Crippen molar-refractivity contribution in [2.45, 2.75) is 26.0 Å². The maximum Gasteiger partial charge on any atom is 0.387 e. The summed E-state index contributed by atoms with van der Waals surface area (Å²) in [5.41, 5.74) is -0.440. The van der Waals surface area contributed by atoms with E-state index in [2.05, 4.69) is 15.4 Å². The standard InChI is InChI=1S/C19H17F3N2O3/c20-13-5-7-14(8-6-13)24-17(26)19(9-10-19)16(25)23-11-12-3-1-2-4-15(12)27-18(21)22/h1-8,18H,9-11H2,(H,23,25)(H,24,26). The number of halogens is 3. The number of rotatable bonds is 7. The quantitative estimate of drug-likeness (QED) is 0.725. The van der Waals surface area contributed by atoms with Gasteiger partial charge in [0.1, 0.15) is 17.0 Å². The van der Waals surface area contributed by atoms with Crippen molar-refractivity contribution in [1.82, 2.24) is 5.32 Å². The Morgan fingerprint density at radius 2 is 1.70 bits per heavy atom. The summed E-state index contributed by atoms with van der Waals surface area (Å²) in [6, 6.07) is 11.3. The van der Waals surface area contributed by atoms with Crippen molar-refractivity contribution in [1.29, 1.82) is 0 Å². The van der Waals surface area contributed by atoms with Gasteiger partial charge in [0.05, 0.1) is 0 Å². The molecule has 1 saturated carbocycles. The van der Waals surface area contributed by atoms with Crippen molar-refractivity contribution in [3.63, 3.8) is 0 Å². The van der Waals surface area contributed by atoms with Crippen molar-refractivity contribution < 1.29 is 27.5 Å². The number of nitrogens with one attached hydrogen (secondary N) is 2. The molecule has 2 aromatic rings. The van der Waals surface area contributed by atoms with Gasteiger partial charge in [-0.05, 0) is 43.2 Å². The van der Waals surface area contributed by atoms with Gasteiger partial charge in [0.15, 0.2) is 0 Å². The van der Waals surface area contributed by atoms with E-state index < -0.39 is 29.7 Å². The van der Waals surface area contributed by atoms with Crippen LogP contribution in [-0.2, 0) is 16.1 Å². The molecule has 0 aromatic heterocycles. The van der Waals surface area contributed by atoms with Crippen LogP contribution in [0.3, 0.4) is 0 Å². The average molecular weight is 378 g/mol. The van der Waals surface area contributed by atoms with Crippen molar-refractivity contribution in [2.75, 3.05) is 5.32 Å². The van der Waals surface area contributed by atoms with E-state index in [0.717, 1.165) is 0 Å². The Hall–Kier alpha value is -3.03. The molecule has 0 saturated heterocycles. The largest absolute Gasteiger partial charge is 0.434 e. The Morgan fingerprint density at radius 3 is 2.33 bits per heavy atom. The molecule has 27 heavy (non-hydrogen) atoms. The van der Waals surface area contributed by atoms with Crippen LogP contribution < -0.4 is 15.4 Å². The molecule has 0 bridgehead atoms. The van der Waals surface area contributed by atoms with Crippen LogP contribution in [-0.4, -0.2) is 18.4 Å². The maximum atomic E-state index is 12.9. The number of hydrogen-bond donors (Lipinski definition) is 2. The van der Waals surface area contributed by atoms with E-state index in [-0.39, 0.29) is 12.3 Å². The summed E-state index contributed by atoms with van der Waals surface area (Å²) in [6.07, 6.45) is 0.752. The molecule has 0 spiro atoms. The predicted octanol–water partition coefficient (Wildman–Crippen LogP) is 3.46. The van der Waals surface area contributed by atoms with Crippen molar-refractivity contribution >= 4 is 17.5 Å². The van der Waals surface area contributed by atoms with Gasteiger partial charge < -0.3 is 15.4 Å². The first-order valence-electron chi connectivity index (χ1n) is 8.29. The third kappa shape index (κ3) is 4.39. The molecule has 3 rings (SSSR count). The Balaban J connectivity index is 1.62. The smallest absolute Gasteiger partial charge is 0.387 e. The van der Waals surface area contributed by atoms with E-state index in [1.54, 1.807) is 18.2 Å². The SMILES string of the molecule is O=C(NCc1ccccc1OC(F)F)C1(C(=O)Nc2ccc(F)cc2)CC1. The molecule has 2 aromatic carbocycles. The highest BCUT2D eigenvalue weighted by Gasteiger charge is 2.56. The second-order valence-corrected chi connectivity index (χ2v) is 6.21. The van der Waals surface area contributed by atoms with Crippen molar-refractivity contribution in [2.24, 2.45) is 5.41 Å². The van der Waals surface area contributed by atoms with E-state index in [1.807, 2.05) is 0 Å². The third-order valence-corrected chi connectivity index (χ3v) is 4.35. The van der Waals surface area contributed by atoms with E-state index >= 15 is 0 Å². The minimum Gasteiger partial charge on any atom is -0.434 e. The Kier molecular flexibility index (Phi) is 5.34. The fraction of sp³-hybridized carbons (Fsp3) is 0.263. The summed E-state index contributed by atoms with van der Waals surface area (Å²) in [5.74, 6) is -1.44. The number of carbonyl (C=O) groups excluding carboxylic acids is 2. The topological polar surface area (TPSA) is 67.4 Å². The van der Waals surface area contributed by atoms with Gasteiger partial charge >= 0.3 is 6.61 Å². The van der Waals surface area contributed by atoms with Crippen molar-refractivity contribution in [3.8, 4) is 5.75 Å². The van der Waals surface area contributed by atoms with E-state index in [0.29, 0.717) is 24.1 Å². The second-order valence-electron chi connectivity index (χ2n) is 6.21. The second kappa shape index (κ2) is 7.69. The minimum atomic E-state index is -2.97. The first kappa shape index (κ1) is 18.8. The van der Waals surface area contributed by atoms with Crippen LogP contribution in [0.1, 0.15) is 18.4 Å². The van der Waals surface area contributed by atoms with Crippen LogP contribution in [0.15, 0.2) is 48.5 Å². The van der Waals surface area contributed by atoms with Crippen LogP contribution in [0, 0.1) is 11.2 Å². The Morgan fingerprint density at radius 1 is 1.04 bits per heavy atom. The fourth-order valence-corrected chi connectivity index (χ4v) is 2.67. The van der Waals surface area contributed by atoms with Gasteiger partial charge in [-0.1, -0.05) is 18.2 Å². The summed E-state index contributed by atoms with van der Waals surface area (Å²) in [7, 11) is 0. The number of amides is 2. The summed E-state index contributed by atoms with van der Waals surface area (Å²) in [5, 5.41) is 5.20. The summed E-state index contributed by atoms with van der Waals surface area (Å²) < 4.78 is 42.3. The lowest BCUT2D eigenvalue weighted by Crippen LogP contribution is -2.39. The molecule has 0 atom stereocenters. The molecule has 142 valence electrons. The first-order chi connectivity index (χ1) is 12.9. The molecule has 2 N–H and O–H groups in total. The zero-order valence-corrected chi connectivity index (χ0v) is 14.2. The van der Waals surface area contributed by atoms with Crippen LogP contribution in [0.25, 0.3) is 0 Å². The molecular weight excluding hydrogens is 361 g/mol. The molecule has 2 amide bonds. The van der Waals surface area contributed by atoms with Crippen LogP contribution in [0.2, 0.25) is 0 Å². The monoisotopic (exact) mass is 378 g/mol. The molecule has 0 unspecified atom stereocenters. The van der Waals surface area contributed by atoms with E-state index in [4.69, 9.17) is 0 Å². The summed E-state index contributed by atoms with van der Waals surface area (Å²) >= 11 is 0. The zero-order chi connectivity index (χ0) is 19.4. The fourth-order valence-electron chi connectivity index (χ4n) is 2.67. The zero-order valence-electron chi connectivity index (χ0n) is 14.2. The van der Waals surface area contributed by atoms with Gasteiger partial charge in [0.25, 0.3) is 0 Å². The number of alkyl halides is 2. The Labute approximate surface area is 153 Å². The van der Waals surface area contributed by atoms with Gasteiger partial charge in [0, 0.05) is 17.8 Å². The molecular formula is C19H17F3N2O3. The molecule has 0 radical (unpaired) electrons. The number of para-hydroxylation sites is 1. The highest BCUT2D eigenvalue weighted by Crippen LogP contribution is 2.47. The summed E-state index contributed by atoms with van der Waals surface area (Å²) in [4.78, 5) is 25.0. The lowest BCUT2D eigenvalue weighted by molar-refractivity contribution is -0.134. The first-order valence-corrected chi connectivity index (χ1v) is 8.29. The number of ether oxygens (including phenoxy) is 1. The molecule has 0 aliphatic heterocycles. The van der Waals surface area contributed by atoms with Gasteiger partial charge in [-0.25, -0.2) is 4.39 Å². The third-order valence-electron chi connectivity index (χ3n) is 4.35.